The number of amides is 1. The fourth-order valence-electron chi connectivity index (χ4n) is 3.06. The van der Waals surface area contributed by atoms with Gasteiger partial charge in [0, 0.05) is 30.6 Å². The van der Waals surface area contributed by atoms with Crippen LogP contribution in [-0.4, -0.2) is 33.0 Å². The highest BCUT2D eigenvalue weighted by Crippen LogP contribution is 2.32. The molecule has 0 aliphatic heterocycles. The topological polar surface area (TPSA) is 95.3 Å². The van der Waals surface area contributed by atoms with Crippen LogP contribution in [0.15, 0.2) is 67.0 Å². The summed E-state index contributed by atoms with van der Waals surface area (Å²) >= 11 is 1.08. The van der Waals surface area contributed by atoms with E-state index in [4.69, 9.17) is 9.47 Å². The first-order valence-corrected chi connectivity index (χ1v) is 11.1. The molecule has 4 aromatic rings. The Bertz CT molecular complexity index is 1250. The van der Waals surface area contributed by atoms with E-state index in [0.717, 1.165) is 22.7 Å². The number of ether oxygens (including phenoxy) is 2. The zero-order valence-electron chi connectivity index (χ0n) is 18.1. The van der Waals surface area contributed by atoms with Crippen molar-refractivity contribution in [3.8, 4) is 17.0 Å². The van der Waals surface area contributed by atoms with Gasteiger partial charge in [0.05, 0.1) is 12.3 Å². The van der Waals surface area contributed by atoms with Crippen LogP contribution in [0, 0.1) is 0 Å². The number of hydrogen-bond acceptors (Lipinski definition) is 7. The second kappa shape index (κ2) is 10.1. The zero-order valence-corrected chi connectivity index (χ0v) is 19.0. The second-order valence-electron chi connectivity index (χ2n) is 7.00. The van der Waals surface area contributed by atoms with Crippen molar-refractivity contribution < 1.29 is 19.1 Å². The van der Waals surface area contributed by atoms with Crippen LogP contribution < -0.4 is 10.1 Å². The van der Waals surface area contributed by atoms with Gasteiger partial charge in [-0.05, 0) is 31.2 Å². The van der Waals surface area contributed by atoms with Crippen molar-refractivity contribution in [3.05, 3.63) is 83.3 Å². The molecule has 0 fully saturated rings. The summed E-state index contributed by atoms with van der Waals surface area (Å²) in [4.78, 5) is 34.2. The van der Waals surface area contributed by atoms with E-state index in [1.165, 1.54) is 0 Å². The van der Waals surface area contributed by atoms with E-state index in [1.807, 2.05) is 48.1 Å². The average Bonchev–Trinajstić information content (AvgIpc) is 3.45. The summed E-state index contributed by atoms with van der Waals surface area (Å²) in [6, 6.07) is 16.1. The van der Waals surface area contributed by atoms with Crippen molar-refractivity contribution in [1.29, 1.82) is 0 Å². The van der Waals surface area contributed by atoms with Gasteiger partial charge < -0.3 is 14.0 Å². The van der Waals surface area contributed by atoms with Gasteiger partial charge in [0.2, 0.25) is 0 Å². The molecular weight excluding hydrogens is 440 g/mol. The van der Waals surface area contributed by atoms with E-state index in [9.17, 15) is 9.59 Å². The molecule has 2 aromatic heterocycles. The fourth-order valence-corrected chi connectivity index (χ4v) is 3.93. The first-order chi connectivity index (χ1) is 16.0. The molecule has 8 nitrogen and oxygen atoms in total. The molecule has 0 spiro atoms. The van der Waals surface area contributed by atoms with E-state index in [0.29, 0.717) is 33.6 Å². The van der Waals surface area contributed by atoms with E-state index < -0.39 is 5.97 Å². The monoisotopic (exact) mass is 462 g/mol. The number of benzene rings is 2. The molecule has 1 N–H and O–H groups in total. The summed E-state index contributed by atoms with van der Waals surface area (Å²) in [6.45, 7) is 2.32. The minimum Gasteiger partial charge on any atom is -0.486 e. The Morgan fingerprint density at radius 1 is 1.09 bits per heavy atom. The third-order valence-electron chi connectivity index (χ3n) is 4.76. The number of esters is 1. The number of nitrogens with one attached hydrogen (secondary N) is 1. The minimum atomic E-state index is -0.469. The van der Waals surface area contributed by atoms with Gasteiger partial charge in [-0.2, -0.15) is 0 Å². The molecule has 0 aliphatic rings. The molecule has 0 unspecified atom stereocenters. The van der Waals surface area contributed by atoms with Crippen molar-refractivity contribution in [2.24, 2.45) is 7.05 Å². The molecular formula is C24H22N4O4S. The van der Waals surface area contributed by atoms with Crippen LogP contribution in [0.4, 0.5) is 5.13 Å². The number of carbonyl (C=O) groups excluding carboxylic acids is 2. The predicted molar refractivity (Wildman–Crippen MR) is 125 cm³/mol. The summed E-state index contributed by atoms with van der Waals surface area (Å²) < 4.78 is 12.8. The van der Waals surface area contributed by atoms with Gasteiger partial charge in [-0.1, -0.05) is 41.7 Å². The number of aryl methyl sites for hydroxylation is 1. The maximum atomic E-state index is 12.8. The van der Waals surface area contributed by atoms with Crippen molar-refractivity contribution in [2.75, 3.05) is 11.9 Å². The van der Waals surface area contributed by atoms with Gasteiger partial charge in [0.25, 0.3) is 5.91 Å². The molecule has 0 aliphatic carbocycles. The fraction of sp³-hybridized carbons (Fsp3) is 0.167. The number of imidazole rings is 1. The summed E-state index contributed by atoms with van der Waals surface area (Å²) in [5.41, 5.74) is 1.69. The standard InChI is InChI=1S/C24H22N4O4S/c1-3-31-23(30)21-20(16-7-5-4-6-8-16)26-24(33-21)27-22(29)17-9-11-18(12-10-17)32-15-19-25-13-14-28(19)2/h4-14H,3,15H2,1-2H3,(H,26,27,29). The quantitative estimate of drug-likeness (QED) is 0.386. The molecule has 1 amide bonds. The molecule has 4 rings (SSSR count). The smallest absolute Gasteiger partial charge is 0.350 e. The molecule has 2 aromatic carbocycles. The average molecular weight is 463 g/mol. The Morgan fingerprint density at radius 3 is 2.52 bits per heavy atom. The molecule has 2 heterocycles. The lowest BCUT2D eigenvalue weighted by molar-refractivity contribution is 0.0532. The summed E-state index contributed by atoms with van der Waals surface area (Å²) in [7, 11) is 1.90. The van der Waals surface area contributed by atoms with Gasteiger partial charge in [-0.25, -0.2) is 14.8 Å². The number of anilines is 1. The first kappa shape index (κ1) is 22.2. The van der Waals surface area contributed by atoms with Crippen LogP contribution in [-0.2, 0) is 18.4 Å². The number of rotatable bonds is 8. The van der Waals surface area contributed by atoms with Crippen molar-refractivity contribution >= 4 is 28.3 Å². The molecule has 168 valence electrons. The lowest BCUT2D eigenvalue weighted by Gasteiger charge is -2.07. The van der Waals surface area contributed by atoms with Crippen LogP contribution in [0.5, 0.6) is 5.75 Å². The van der Waals surface area contributed by atoms with Gasteiger partial charge in [-0.3, -0.25) is 10.1 Å². The largest absolute Gasteiger partial charge is 0.486 e. The van der Waals surface area contributed by atoms with Crippen LogP contribution in [0.1, 0.15) is 32.8 Å². The lowest BCUT2D eigenvalue weighted by atomic mass is 10.1. The van der Waals surface area contributed by atoms with Gasteiger partial charge in [-0.15, -0.1) is 0 Å². The molecule has 0 atom stereocenters. The number of carbonyl (C=O) groups is 2. The molecule has 33 heavy (non-hydrogen) atoms. The molecule has 0 saturated carbocycles. The molecule has 0 bridgehead atoms. The summed E-state index contributed by atoms with van der Waals surface area (Å²) in [5.74, 6) is 0.616. The van der Waals surface area contributed by atoms with E-state index in [1.54, 1.807) is 37.4 Å². The highest BCUT2D eigenvalue weighted by Gasteiger charge is 2.21. The highest BCUT2D eigenvalue weighted by molar-refractivity contribution is 7.18. The minimum absolute atomic E-state index is 0.251. The Morgan fingerprint density at radius 2 is 1.85 bits per heavy atom. The second-order valence-corrected chi connectivity index (χ2v) is 8.00. The lowest BCUT2D eigenvalue weighted by Crippen LogP contribution is -2.11. The Hall–Kier alpha value is -3.98. The van der Waals surface area contributed by atoms with E-state index in [-0.39, 0.29) is 12.5 Å². The van der Waals surface area contributed by atoms with Gasteiger partial charge in [0.15, 0.2) is 5.13 Å². The number of nitrogens with zero attached hydrogens (tertiary/aromatic N) is 3. The SMILES string of the molecule is CCOC(=O)c1sc(NC(=O)c2ccc(OCc3nccn3C)cc2)nc1-c1ccccc1. The van der Waals surface area contributed by atoms with Crippen LogP contribution in [0.25, 0.3) is 11.3 Å². The molecule has 0 radical (unpaired) electrons. The van der Waals surface area contributed by atoms with Crippen molar-refractivity contribution in [3.63, 3.8) is 0 Å². The van der Waals surface area contributed by atoms with Crippen LogP contribution >= 0.6 is 11.3 Å². The van der Waals surface area contributed by atoms with Crippen LogP contribution in [0.3, 0.4) is 0 Å². The van der Waals surface area contributed by atoms with Gasteiger partial charge in [0.1, 0.15) is 23.1 Å². The van der Waals surface area contributed by atoms with Gasteiger partial charge >= 0.3 is 5.97 Å². The maximum Gasteiger partial charge on any atom is 0.350 e. The Balaban J connectivity index is 1.47. The highest BCUT2D eigenvalue weighted by atomic mass is 32.1. The zero-order chi connectivity index (χ0) is 23.2. The Labute approximate surface area is 194 Å². The van der Waals surface area contributed by atoms with E-state index in [2.05, 4.69) is 15.3 Å². The summed E-state index contributed by atoms with van der Waals surface area (Å²) in [6.07, 6.45) is 3.56. The van der Waals surface area contributed by atoms with Crippen molar-refractivity contribution in [2.45, 2.75) is 13.5 Å². The van der Waals surface area contributed by atoms with Crippen LogP contribution in [0.2, 0.25) is 0 Å². The maximum absolute atomic E-state index is 12.8. The number of aromatic nitrogens is 3. The normalized spacial score (nSPS) is 10.6. The predicted octanol–water partition coefficient (Wildman–Crippen LogP) is 4.55. The molecule has 0 saturated heterocycles. The first-order valence-electron chi connectivity index (χ1n) is 10.3. The summed E-state index contributed by atoms with van der Waals surface area (Å²) in [5, 5.41) is 3.09. The van der Waals surface area contributed by atoms with E-state index >= 15 is 0 Å². The Kier molecular flexibility index (Phi) is 6.80. The third kappa shape index (κ3) is 5.27. The van der Waals surface area contributed by atoms with Crippen molar-refractivity contribution in [1.82, 2.24) is 14.5 Å². The number of thiazole rings is 1. The number of hydrogen-bond donors (Lipinski definition) is 1. The molecule has 9 heteroatoms. The third-order valence-corrected chi connectivity index (χ3v) is 5.71.